The van der Waals surface area contributed by atoms with Gasteiger partial charge < -0.3 is 14.0 Å². The second-order valence-corrected chi connectivity index (χ2v) is 21.1. The molecule has 0 saturated heterocycles. The third-order valence-electron chi connectivity index (χ3n) is 16.2. The first kappa shape index (κ1) is 48.4. The quantitative estimate of drug-likeness (QED) is 0.122. The van der Waals surface area contributed by atoms with Crippen molar-refractivity contribution in [1.29, 1.82) is 0 Å². The van der Waals surface area contributed by atoms with E-state index in [1.54, 1.807) is 0 Å². The summed E-state index contributed by atoms with van der Waals surface area (Å²) in [6.45, 7) is 0. The summed E-state index contributed by atoms with van der Waals surface area (Å²) in [5.74, 6) is 1.91. The SMILES string of the molecule is c1ccc(N(c2ccccc2)c2ccc3c(c2)c2ccccc2n3-c2nc(N(c3ccccc3)c3ccc4c(c3)c3ccccc3n4-c3ccccc3)cc(N(c3ccccc3)c3ccc4c(c3)c3ccccc3n4-c3ccccc3)n2)cc1. The number of hydrogen-bond donors (Lipinski definition) is 0. The molecule has 0 fully saturated rings. The van der Waals surface area contributed by atoms with E-state index in [1.807, 2.05) is 0 Å². The van der Waals surface area contributed by atoms with E-state index in [9.17, 15) is 0 Å². The molecule has 0 saturated carbocycles. The largest absolute Gasteiger partial charge is 0.310 e. The van der Waals surface area contributed by atoms with E-state index in [4.69, 9.17) is 9.97 Å². The van der Waals surface area contributed by atoms with E-state index in [-0.39, 0.29) is 0 Å². The predicted octanol–water partition coefficient (Wildman–Crippen LogP) is 20.2. The van der Waals surface area contributed by atoms with E-state index in [0.29, 0.717) is 17.6 Å². The number of hydrogen-bond acceptors (Lipinski definition) is 5. The first-order valence-electron chi connectivity index (χ1n) is 28.4. The van der Waals surface area contributed by atoms with Crippen molar-refractivity contribution in [3.8, 4) is 17.3 Å². The monoisotopic (exact) mass is 1080 g/mol. The third-order valence-corrected chi connectivity index (χ3v) is 16.2. The van der Waals surface area contributed by atoms with Gasteiger partial charge in [0.2, 0.25) is 5.95 Å². The maximum absolute atomic E-state index is 5.81. The van der Waals surface area contributed by atoms with Crippen molar-refractivity contribution in [2.24, 2.45) is 0 Å². The Labute approximate surface area is 485 Å². The van der Waals surface area contributed by atoms with Gasteiger partial charge in [0.25, 0.3) is 0 Å². The second kappa shape index (κ2) is 20.3. The van der Waals surface area contributed by atoms with Crippen LogP contribution in [-0.2, 0) is 0 Å². The minimum atomic E-state index is 0.523. The fraction of sp³-hybridized carbons (Fsp3) is 0. The number of anilines is 9. The number of nitrogens with zero attached hydrogens (tertiary/aromatic N) is 8. The van der Waals surface area contributed by atoms with Gasteiger partial charge in [0.05, 0.1) is 33.1 Å². The molecule has 0 atom stereocenters. The molecule has 8 nitrogen and oxygen atoms in total. The number of fused-ring (bicyclic) bond motifs is 9. The van der Waals surface area contributed by atoms with Crippen molar-refractivity contribution >= 4 is 117 Å². The Morgan fingerprint density at radius 1 is 0.202 bits per heavy atom. The van der Waals surface area contributed by atoms with Crippen molar-refractivity contribution in [2.45, 2.75) is 0 Å². The molecule has 0 unspecified atom stereocenters. The topological polar surface area (TPSA) is 50.3 Å². The first-order chi connectivity index (χ1) is 41.7. The molecule has 0 spiro atoms. The van der Waals surface area contributed by atoms with Gasteiger partial charge in [-0.2, -0.15) is 9.97 Å². The molecule has 0 aliphatic carbocycles. The summed E-state index contributed by atoms with van der Waals surface area (Å²) in [6.07, 6.45) is 0. The minimum Gasteiger partial charge on any atom is -0.310 e. The van der Waals surface area contributed by atoms with Crippen LogP contribution in [0.15, 0.2) is 315 Å². The van der Waals surface area contributed by atoms with Crippen LogP contribution < -0.4 is 14.7 Å². The summed E-state index contributed by atoms with van der Waals surface area (Å²) in [6, 6.07) is 112. The molecule has 0 N–H and O–H groups in total. The molecule has 0 bridgehead atoms. The maximum Gasteiger partial charge on any atom is 0.238 e. The Kier molecular flexibility index (Phi) is 11.7. The van der Waals surface area contributed by atoms with E-state index >= 15 is 0 Å². The molecule has 84 heavy (non-hydrogen) atoms. The van der Waals surface area contributed by atoms with Crippen molar-refractivity contribution in [3.63, 3.8) is 0 Å². The van der Waals surface area contributed by atoms with Crippen LogP contribution >= 0.6 is 0 Å². The fourth-order valence-electron chi connectivity index (χ4n) is 12.5. The first-order valence-corrected chi connectivity index (χ1v) is 28.4. The van der Waals surface area contributed by atoms with Crippen LogP contribution in [0.1, 0.15) is 0 Å². The van der Waals surface area contributed by atoms with Crippen LogP contribution in [0.4, 0.5) is 51.4 Å². The summed E-state index contributed by atoms with van der Waals surface area (Å²) in [4.78, 5) is 18.5. The molecule has 0 radical (unpaired) electrons. The number of benzene rings is 12. The van der Waals surface area contributed by atoms with Crippen LogP contribution in [0.2, 0.25) is 0 Å². The Balaban J connectivity index is 0.965. The van der Waals surface area contributed by atoms with Gasteiger partial charge in [-0.05, 0) is 146 Å². The zero-order valence-electron chi connectivity index (χ0n) is 45.6. The Morgan fingerprint density at radius 2 is 0.476 bits per heavy atom. The second-order valence-electron chi connectivity index (χ2n) is 21.1. The average Bonchev–Trinajstić information content (AvgIpc) is 2.87. The number of rotatable bonds is 12. The zero-order chi connectivity index (χ0) is 55.5. The molecule has 0 aliphatic heterocycles. The van der Waals surface area contributed by atoms with Crippen LogP contribution in [0.3, 0.4) is 0 Å². The predicted molar refractivity (Wildman–Crippen MR) is 349 cm³/mol. The van der Waals surface area contributed by atoms with Gasteiger partial charge in [0.15, 0.2) is 0 Å². The van der Waals surface area contributed by atoms with Gasteiger partial charge >= 0.3 is 0 Å². The lowest BCUT2D eigenvalue weighted by molar-refractivity contribution is 0.968. The van der Waals surface area contributed by atoms with Gasteiger partial charge in [0.1, 0.15) is 11.6 Å². The van der Waals surface area contributed by atoms with E-state index < -0.39 is 0 Å². The lowest BCUT2D eigenvalue weighted by Crippen LogP contribution is -2.18. The van der Waals surface area contributed by atoms with Gasteiger partial charge in [-0.15, -0.1) is 0 Å². The molecule has 0 aliphatic rings. The molecule has 12 aromatic carbocycles. The molecule has 4 heterocycles. The normalized spacial score (nSPS) is 11.6. The van der Waals surface area contributed by atoms with E-state index in [2.05, 4.69) is 344 Å². The summed E-state index contributed by atoms with van der Waals surface area (Å²) in [7, 11) is 0. The Morgan fingerprint density at radius 3 is 0.845 bits per heavy atom. The summed E-state index contributed by atoms with van der Waals surface area (Å²) >= 11 is 0. The zero-order valence-corrected chi connectivity index (χ0v) is 45.6. The third kappa shape index (κ3) is 8.15. The van der Waals surface area contributed by atoms with Crippen molar-refractivity contribution in [2.75, 3.05) is 14.7 Å². The van der Waals surface area contributed by atoms with Crippen LogP contribution in [-0.4, -0.2) is 23.7 Å². The summed E-state index contributed by atoms with van der Waals surface area (Å²) < 4.78 is 6.97. The van der Waals surface area contributed by atoms with Crippen LogP contribution in [0, 0.1) is 0 Å². The van der Waals surface area contributed by atoms with Crippen LogP contribution in [0.25, 0.3) is 82.7 Å². The van der Waals surface area contributed by atoms with Crippen molar-refractivity contribution in [1.82, 2.24) is 23.7 Å². The highest BCUT2D eigenvalue weighted by Gasteiger charge is 2.26. The smallest absolute Gasteiger partial charge is 0.238 e. The molecule has 16 rings (SSSR count). The van der Waals surface area contributed by atoms with E-state index in [1.165, 1.54) is 0 Å². The highest BCUT2D eigenvalue weighted by molar-refractivity contribution is 6.13. The highest BCUT2D eigenvalue weighted by Crippen LogP contribution is 2.45. The average molecular weight is 1080 g/mol. The Bertz CT molecular complexity index is 4820. The lowest BCUT2D eigenvalue weighted by atomic mass is 10.1. The lowest BCUT2D eigenvalue weighted by Gasteiger charge is -2.29. The van der Waals surface area contributed by atoms with Gasteiger partial charge in [-0.25, -0.2) is 0 Å². The maximum atomic E-state index is 5.81. The van der Waals surface area contributed by atoms with Gasteiger partial charge in [0, 0.05) is 89.6 Å². The van der Waals surface area contributed by atoms with Gasteiger partial charge in [-0.3, -0.25) is 14.4 Å². The summed E-state index contributed by atoms with van der Waals surface area (Å²) in [5, 5.41) is 6.76. The van der Waals surface area contributed by atoms with E-state index in [0.717, 1.165) is 117 Å². The van der Waals surface area contributed by atoms with Gasteiger partial charge in [-0.1, -0.05) is 164 Å². The van der Waals surface area contributed by atoms with Crippen molar-refractivity contribution < 1.29 is 0 Å². The molecular formula is C76H52N8. The molecule has 4 aromatic heterocycles. The minimum absolute atomic E-state index is 0.523. The molecule has 396 valence electrons. The standard InChI is InChI=1S/C76H52N8/c1-7-25-53(26-8-1)79(54-27-9-2-10-28-54)59-43-48-73-67(49-59)64-39-21-24-42-70(64)84(73)76-77-74(80(55-29-11-3-12-30-55)60-44-46-71-65(50-60)62-37-19-22-40-68(62)82(71)57-33-15-5-16-34-57)52-75(78-76)81(56-31-13-4-14-32-56)61-45-47-72-66(51-61)63-38-20-23-41-69(63)83(72)58-35-17-6-18-36-58/h1-52H. The summed E-state index contributed by atoms with van der Waals surface area (Å²) in [5.41, 5.74) is 15.7. The number of aromatic nitrogens is 5. The molecule has 8 heteroatoms. The fourth-order valence-corrected chi connectivity index (χ4v) is 12.5. The molecule has 16 aromatic rings. The highest BCUT2D eigenvalue weighted by atomic mass is 15.3. The Hall–Kier alpha value is -11.5. The number of para-hydroxylation sites is 9. The van der Waals surface area contributed by atoms with Crippen molar-refractivity contribution in [3.05, 3.63) is 315 Å². The molecular weight excluding hydrogens is 1020 g/mol. The molecule has 0 amide bonds. The van der Waals surface area contributed by atoms with Crippen LogP contribution in [0.5, 0.6) is 0 Å².